The molecule has 1 fully saturated rings. The van der Waals surface area contributed by atoms with E-state index in [9.17, 15) is 4.39 Å². The fourth-order valence-corrected chi connectivity index (χ4v) is 2.39. The number of halogens is 1. The first kappa shape index (κ1) is 11.6. The lowest BCUT2D eigenvalue weighted by Gasteiger charge is -2.37. The smallest absolute Gasteiger partial charge is 0.117 e. The van der Waals surface area contributed by atoms with Gasteiger partial charge in [0.2, 0.25) is 0 Å². The van der Waals surface area contributed by atoms with Gasteiger partial charge in [-0.3, -0.25) is 4.90 Å². The maximum absolute atomic E-state index is 13.7. The molecule has 0 bridgehead atoms. The number of hydrogen-bond acceptors (Lipinski definition) is 2. The van der Waals surface area contributed by atoms with Crippen LogP contribution in [0.3, 0.4) is 0 Å². The standard InChI is InChI=1S/C13H19FN2/c14-12-7-4-8-16(13(12)9-15)10-11-5-2-1-3-6-11/h1-3,5-6,12-13H,4,7-10,15H2/t12-,13+/m1/s1. The van der Waals surface area contributed by atoms with Crippen LogP contribution in [0.15, 0.2) is 30.3 Å². The van der Waals surface area contributed by atoms with Crippen molar-refractivity contribution in [2.45, 2.75) is 31.6 Å². The zero-order chi connectivity index (χ0) is 11.4. The Morgan fingerprint density at radius 3 is 2.75 bits per heavy atom. The summed E-state index contributed by atoms with van der Waals surface area (Å²) >= 11 is 0. The van der Waals surface area contributed by atoms with Crippen molar-refractivity contribution in [3.63, 3.8) is 0 Å². The number of alkyl halides is 1. The molecule has 16 heavy (non-hydrogen) atoms. The predicted molar refractivity (Wildman–Crippen MR) is 63.8 cm³/mol. The summed E-state index contributed by atoms with van der Waals surface area (Å²) in [6, 6.07) is 10.1. The molecule has 2 rings (SSSR count). The van der Waals surface area contributed by atoms with Crippen molar-refractivity contribution >= 4 is 0 Å². The van der Waals surface area contributed by atoms with Gasteiger partial charge in [0.15, 0.2) is 0 Å². The largest absolute Gasteiger partial charge is 0.329 e. The first-order valence-electron chi connectivity index (χ1n) is 5.93. The second kappa shape index (κ2) is 5.41. The number of hydrogen-bond donors (Lipinski definition) is 1. The van der Waals surface area contributed by atoms with Crippen molar-refractivity contribution in [1.29, 1.82) is 0 Å². The average molecular weight is 222 g/mol. The molecule has 1 aromatic rings. The summed E-state index contributed by atoms with van der Waals surface area (Å²) in [6.07, 6.45) is 0.833. The van der Waals surface area contributed by atoms with Gasteiger partial charge in [-0.15, -0.1) is 0 Å². The van der Waals surface area contributed by atoms with Gasteiger partial charge >= 0.3 is 0 Å². The number of nitrogens with two attached hydrogens (primary N) is 1. The Morgan fingerprint density at radius 2 is 2.06 bits per heavy atom. The van der Waals surface area contributed by atoms with Crippen molar-refractivity contribution in [3.05, 3.63) is 35.9 Å². The third-order valence-corrected chi connectivity index (χ3v) is 3.28. The van der Waals surface area contributed by atoms with Gasteiger partial charge in [-0.25, -0.2) is 4.39 Å². The van der Waals surface area contributed by atoms with E-state index in [2.05, 4.69) is 17.0 Å². The fourth-order valence-electron chi connectivity index (χ4n) is 2.39. The highest BCUT2D eigenvalue weighted by molar-refractivity contribution is 5.14. The molecule has 0 saturated carbocycles. The highest BCUT2D eigenvalue weighted by atomic mass is 19.1. The molecule has 1 aliphatic heterocycles. The minimum atomic E-state index is -0.762. The quantitative estimate of drug-likeness (QED) is 0.847. The van der Waals surface area contributed by atoms with Crippen molar-refractivity contribution in [2.24, 2.45) is 5.73 Å². The third-order valence-electron chi connectivity index (χ3n) is 3.28. The average Bonchev–Trinajstić information content (AvgIpc) is 2.31. The zero-order valence-corrected chi connectivity index (χ0v) is 9.48. The summed E-state index contributed by atoms with van der Waals surface area (Å²) in [5.74, 6) is 0. The summed E-state index contributed by atoms with van der Waals surface area (Å²) < 4.78 is 13.7. The van der Waals surface area contributed by atoms with E-state index in [1.54, 1.807) is 0 Å². The summed E-state index contributed by atoms with van der Waals surface area (Å²) in [6.45, 7) is 2.17. The fraction of sp³-hybridized carbons (Fsp3) is 0.538. The molecule has 0 amide bonds. The molecule has 1 saturated heterocycles. The number of nitrogens with zero attached hydrogens (tertiary/aromatic N) is 1. The van der Waals surface area contributed by atoms with Gasteiger partial charge in [-0.1, -0.05) is 30.3 Å². The molecule has 0 aliphatic carbocycles. The second-order valence-corrected chi connectivity index (χ2v) is 4.42. The summed E-state index contributed by atoms with van der Waals surface area (Å²) in [7, 11) is 0. The van der Waals surface area contributed by atoms with Gasteiger partial charge in [0.25, 0.3) is 0 Å². The molecule has 0 radical (unpaired) electrons. The van der Waals surface area contributed by atoms with E-state index in [0.29, 0.717) is 13.0 Å². The Balaban J connectivity index is 2.02. The first-order valence-corrected chi connectivity index (χ1v) is 5.93. The van der Waals surface area contributed by atoms with Crippen LogP contribution >= 0.6 is 0 Å². The minimum Gasteiger partial charge on any atom is -0.329 e. The van der Waals surface area contributed by atoms with Crippen LogP contribution in [0.4, 0.5) is 4.39 Å². The molecule has 2 atom stereocenters. The van der Waals surface area contributed by atoms with Crippen LogP contribution < -0.4 is 5.73 Å². The van der Waals surface area contributed by atoms with Crippen LogP contribution in [0.2, 0.25) is 0 Å². The molecule has 1 heterocycles. The summed E-state index contributed by atoms with van der Waals surface area (Å²) in [4.78, 5) is 2.17. The van der Waals surface area contributed by atoms with Gasteiger partial charge < -0.3 is 5.73 Å². The van der Waals surface area contributed by atoms with Crippen LogP contribution in [0.25, 0.3) is 0 Å². The minimum absolute atomic E-state index is 0.103. The highest BCUT2D eigenvalue weighted by Gasteiger charge is 2.29. The number of rotatable bonds is 3. The summed E-state index contributed by atoms with van der Waals surface area (Å²) in [5.41, 5.74) is 6.89. The summed E-state index contributed by atoms with van der Waals surface area (Å²) in [5, 5.41) is 0. The van der Waals surface area contributed by atoms with E-state index in [1.165, 1.54) is 5.56 Å². The van der Waals surface area contributed by atoms with Crippen LogP contribution in [0.5, 0.6) is 0 Å². The Bertz CT molecular complexity index is 315. The second-order valence-electron chi connectivity index (χ2n) is 4.42. The molecule has 88 valence electrons. The van der Waals surface area contributed by atoms with E-state index in [1.807, 2.05) is 18.2 Å². The van der Waals surface area contributed by atoms with Crippen LogP contribution in [-0.2, 0) is 6.54 Å². The molecule has 0 unspecified atom stereocenters. The third kappa shape index (κ3) is 2.60. The molecule has 0 spiro atoms. The van der Waals surface area contributed by atoms with Crippen LogP contribution in [0, 0.1) is 0 Å². The van der Waals surface area contributed by atoms with Gasteiger partial charge in [0.05, 0.1) is 6.04 Å². The Hall–Kier alpha value is -0.930. The number of likely N-dealkylation sites (tertiary alicyclic amines) is 1. The monoisotopic (exact) mass is 222 g/mol. The lowest BCUT2D eigenvalue weighted by molar-refractivity contribution is 0.0644. The van der Waals surface area contributed by atoms with Crippen LogP contribution in [-0.4, -0.2) is 30.2 Å². The molecule has 1 aromatic carbocycles. The maximum atomic E-state index is 13.7. The molecule has 2 N–H and O–H groups in total. The zero-order valence-electron chi connectivity index (χ0n) is 9.48. The molecular formula is C13H19FN2. The molecule has 1 aliphatic rings. The lowest BCUT2D eigenvalue weighted by Crippen LogP contribution is -2.50. The Morgan fingerprint density at radius 1 is 1.31 bits per heavy atom. The van der Waals surface area contributed by atoms with E-state index in [4.69, 9.17) is 5.73 Å². The highest BCUT2D eigenvalue weighted by Crippen LogP contribution is 2.21. The Labute approximate surface area is 96.2 Å². The van der Waals surface area contributed by atoms with E-state index < -0.39 is 6.17 Å². The van der Waals surface area contributed by atoms with Gasteiger partial charge in [-0.05, 0) is 24.9 Å². The van der Waals surface area contributed by atoms with E-state index >= 15 is 0 Å². The lowest BCUT2D eigenvalue weighted by atomic mass is 9.99. The molecule has 2 nitrogen and oxygen atoms in total. The van der Waals surface area contributed by atoms with Gasteiger partial charge in [0, 0.05) is 13.1 Å². The van der Waals surface area contributed by atoms with E-state index in [0.717, 1.165) is 19.5 Å². The number of piperidine rings is 1. The number of benzene rings is 1. The van der Waals surface area contributed by atoms with Gasteiger partial charge in [0.1, 0.15) is 6.17 Å². The van der Waals surface area contributed by atoms with Gasteiger partial charge in [-0.2, -0.15) is 0 Å². The van der Waals surface area contributed by atoms with Crippen molar-refractivity contribution in [1.82, 2.24) is 4.90 Å². The topological polar surface area (TPSA) is 29.3 Å². The molecular weight excluding hydrogens is 203 g/mol. The first-order chi connectivity index (χ1) is 7.81. The van der Waals surface area contributed by atoms with Crippen LogP contribution in [0.1, 0.15) is 18.4 Å². The maximum Gasteiger partial charge on any atom is 0.117 e. The molecule has 0 aromatic heterocycles. The predicted octanol–water partition coefficient (Wildman–Crippen LogP) is 1.95. The normalized spacial score (nSPS) is 26.9. The Kier molecular flexibility index (Phi) is 3.91. The van der Waals surface area contributed by atoms with Crippen molar-refractivity contribution < 1.29 is 4.39 Å². The molecule has 3 heteroatoms. The van der Waals surface area contributed by atoms with Crippen molar-refractivity contribution in [3.8, 4) is 0 Å². The van der Waals surface area contributed by atoms with E-state index in [-0.39, 0.29) is 6.04 Å². The van der Waals surface area contributed by atoms with Crippen molar-refractivity contribution in [2.75, 3.05) is 13.1 Å². The SMILES string of the molecule is NC[C@H]1[C@H](F)CCCN1Cc1ccccc1.